The van der Waals surface area contributed by atoms with E-state index in [4.69, 9.17) is 16.3 Å². The molecule has 0 saturated carbocycles. The Labute approximate surface area is 169 Å². The lowest BCUT2D eigenvalue weighted by Crippen LogP contribution is -2.10. The summed E-state index contributed by atoms with van der Waals surface area (Å²) in [6.45, 7) is 0. The molecule has 4 rings (SSSR count). The minimum Gasteiger partial charge on any atom is -0.497 e. The molecule has 0 atom stereocenters. The van der Waals surface area contributed by atoms with Crippen molar-refractivity contribution in [2.45, 2.75) is 6.42 Å². The number of thiazole rings is 1. The minimum absolute atomic E-state index is 0.230. The lowest BCUT2D eigenvalue weighted by atomic mass is 10.1. The van der Waals surface area contributed by atoms with Crippen molar-refractivity contribution in [1.29, 1.82) is 0 Å². The predicted molar refractivity (Wildman–Crippen MR) is 113 cm³/mol. The largest absolute Gasteiger partial charge is 0.497 e. The molecule has 136 valence electrons. The number of hydrogen-bond acceptors (Lipinski definition) is 5. The summed E-state index contributed by atoms with van der Waals surface area (Å²) in [6, 6.07) is 15.6. The number of carbonyl (C=O) groups is 1. The number of rotatable bonds is 5. The third-order valence-corrected chi connectivity index (χ3v) is 6.64. The van der Waals surface area contributed by atoms with Crippen LogP contribution < -0.4 is 10.1 Å². The highest BCUT2D eigenvalue weighted by Gasteiger charge is 2.18. The number of methoxy groups -OCH3 is 1. The van der Waals surface area contributed by atoms with Gasteiger partial charge >= 0.3 is 0 Å². The number of benzene rings is 2. The molecule has 1 amide bonds. The molecule has 0 radical (unpaired) electrons. The lowest BCUT2D eigenvalue weighted by molar-refractivity contribution is 0.103. The SMILES string of the molecule is COc1ccc(Cc2cnc(NC(=O)c3sc4ccccc4c3Cl)s2)cc1. The smallest absolute Gasteiger partial charge is 0.269 e. The molecule has 7 heteroatoms. The van der Waals surface area contributed by atoms with E-state index in [1.807, 2.05) is 48.5 Å². The molecule has 0 aliphatic heterocycles. The summed E-state index contributed by atoms with van der Waals surface area (Å²) in [5.41, 5.74) is 1.16. The molecule has 4 aromatic rings. The van der Waals surface area contributed by atoms with Crippen molar-refractivity contribution in [3.05, 3.63) is 75.1 Å². The predicted octanol–water partition coefficient (Wildman–Crippen LogP) is 5.86. The van der Waals surface area contributed by atoms with Crippen LogP contribution in [0.3, 0.4) is 0 Å². The topological polar surface area (TPSA) is 51.2 Å². The highest BCUT2D eigenvalue weighted by Crippen LogP contribution is 2.35. The molecular weight excluding hydrogens is 400 g/mol. The Balaban J connectivity index is 1.48. The van der Waals surface area contributed by atoms with Crippen molar-refractivity contribution in [2.75, 3.05) is 12.4 Å². The number of nitrogens with zero attached hydrogens (tertiary/aromatic N) is 1. The van der Waals surface area contributed by atoms with Crippen LogP contribution in [0.5, 0.6) is 5.75 Å². The standard InChI is InChI=1S/C20H15ClN2O2S2/c1-25-13-8-6-12(7-9-13)10-14-11-22-20(26-14)23-19(24)18-17(21)15-4-2-3-5-16(15)27-18/h2-9,11H,10H2,1H3,(H,22,23,24). The third kappa shape index (κ3) is 3.83. The number of amides is 1. The monoisotopic (exact) mass is 414 g/mol. The summed E-state index contributed by atoms with van der Waals surface area (Å²) < 4.78 is 6.17. The van der Waals surface area contributed by atoms with Gasteiger partial charge in [-0.15, -0.1) is 22.7 Å². The van der Waals surface area contributed by atoms with Gasteiger partial charge in [0.15, 0.2) is 5.13 Å². The quantitative estimate of drug-likeness (QED) is 0.444. The average Bonchev–Trinajstić information content (AvgIpc) is 3.27. The van der Waals surface area contributed by atoms with E-state index in [9.17, 15) is 4.79 Å². The van der Waals surface area contributed by atoms with Crippen LogP contribution in [0.25, 0.3) is 10.1 Å². The molecule has 1 N–H and O–H groups in total. The van der Waals surface area contributed by atoms with Crippen LogP contribution in [0.1, 0.15) is 20.1 Å². The molecule has 0 bridgehead atoms. The Morgan fingerprint density at radius 3 is 2.67 bits per heavy atom. The molecule has 0 unspecified atom stereocenters. The van der Waals surface area contributed by atoms with E-state index in [1.54, 1.807) is 13.3 Å². The van der Waals surface area contributed by atoms with Crippen molar-refractivity contribution in [2.24, 2.45) is 0 Å². The zero-order valence-electron chi connectivity index (χ0n) is 14.4. The van der Waals surface area contributed by atoms with Crippen molar-refractivity contribution < 1.29 is 9.53 Å². The summed E-state index contributed by atoms with van der Waals surface area (Å²) in [6.07, 6.45) is 2.54. The fraction of sp³-hybridized carbons (Fsp3) is 0.100. The second kappa shape index (κ2) is 7.68. The summed E-state index contributed by atoms with van der Waals surface area (Å²) in [4.78, 5) is 18.5. The second-order valence-corrected chi connectivity index (χ2v) is 8.40. The molecule has 0 aliphatic carbocycles. The van der Waals surface area contributed by atoms with Gasteiger partial charge in [-0.05, 0) is 23.8 Å². The van der Waals surface area contributed by atoms with Gasteiger partial charge in [0.05, 0.1) is 12.1 Å². The van der Waals surface area contributed by atoms with Gasteiger partial charge in [0.1, 0.15) is 10.6 Å². The van der Waals surface area contributed by atoms with Crippen LogP contribution in [0.15, 0.2) is 54.7 Å². The summed E-state index contributed by atoms with van der Waals surface area (Å²) >= 11 is 9.22. The summed E-state index contributed by atoms with van der Waals surface area (Å²) in [5, 5.41) is 4.81. The molecule has 27 heavy (non-hydrogen) atoms. The molecule has 0 aliphatic rings. The molecular formula is C20H15ClN2O2S2. The van der Waals surface area contributed by atoms with E-state index in [-0.39, 0.29) is 5.91 Å². The van der Waals surface area contributed by atoms with Gasteiger partial charge in [0.2, 0.25) is 0 Å². The zero-order chi connectivity index (χ0) is 18.8. The van der Waals surface area contributed by atoms with Crippen LogP contribution in [-0.2, 0) is 6.42 Å². The van der Waals surface area contributed by atoms with Gasteiger partial charge in [-0.25, -0.2) is 4.98 Å². The van der Waals surface area contributed by atoms with Crippen molar-refractivity contribution in [1.82, 2.24) is 4.98 Å². The number of carbonyl (C=O) groups excluding carboxylic acids is 1. The molecule has 0 spiro atoms. The Morgan fingerprint density at radius 1 is 1.15 bits per heavy atom. The minimum atomic E-state index is -0.230. The number of fused-ring (bicyclic) bond motifs is 1. The van der Waals surface area contributed by atoms with Gasteiger partial charge in [-0.2, -0.15) is 0 Å². The zero-order valence-corrected chi connectivity index (χ0v) is 16.8. The van der Waals surface area contributed by atoms with Crippen LogP contribution in [-0.4, -0.2) is 18.0 Å². The highest BCUT2D eigenvalue weighted by molar-refractivity contribution is 7.22. The first kappa shape index (κ1) is 18.0. The molecule has 2 aromatic carbocycles. The Kier molecular flexibility index (Phi) is 5.11. The van der Waals surface area contributed by atoms with Gasteiger partial charge in [-0.1, -0.05) is 41.9 Å². The van der Waals surface area contributed by atoms with Gasteiger partial charge < -0.3 is 4.74 Å². The molecule has 2 heterocycles. The first-order valence-electron chi connectivity index (χ1n) is 8.20. The Hall–Kier alpha value is -2.41. The number of ether oxygens (including phenoxy) is 1. The summed E-state index contributed by atoms with van der Waals surface area (Å²) in [7, 11) is 1.65. The van der Waals surface area contributed by atoms with E-state index in [0.29, 0.717) is 15.0 Å². The number of nitrogens with one attached hydrogen (secondary N) is 1. The fourth-order valence-electron chi connectivity index (χ4n) is 2.71. The van der Waals surface area contributed by atoms with Crippen LogP contribution in [0.4, 0.5) is 5.13 Å². The lowest BCUT2D eigenvalue weighted by Gasteiger charge is -2.01. The normalized spacial score (nSPS) is 10.9. The molecule has 4 nitrogen and oxygen atoms in total. The average molecular weight is 415 g/mol. The maximum Gasteiger partial charge on any atom is 0.269 e. The maximum atomic E-state index is 12.6. The van der Waals surface area contributed by atoms with Crippen LogP contribution in [0.2, 0.25) is 5.02 Å². The first-order chi connectivity index (χ1) is 13.1. The second-order valence-electron chi connectivity index (χ2n) is 5.85. The molecule has 2 aromatic heterocycles. The number of anilines is 1. The van der Waals surface area contributed by atoms with Crippen molar-refractivity contribution in [3.63, 3.8) is 0 Å². The Morgan fingerprint density at radius 2 is 1.93 bits per heavy atom. The van der Waals surface area contributed by atoms with E-state index < -0.39 is 0 Å². The van der Waals surface area contributed by atoms with Gasteiger partial charge in [-0.3, -0.25) is 10.1 Å². The molecule has 0 saturated heterocycles. The van der Waals surface area contributed by atoms with Crippen molar-refractivity contribution >= 4 is 55.4 Å². The molecule has 0 fully saturated rings. The number of halogens is 1. The first-order valence-corrected chi connectivity index (χ1v) is 10.2. The fourth-order valence-corrected chi connectivity index (χ4v) is 4.96. The van der Waals surface area contributed by atoms with Crippen LogP contribution in [0, 0.1) is 0 Å². The van der Waals surface area contributed by atoms with Crippen molar-refractivity contribution in [3.8, 4) is 5.75 Å². The number of thiophene rings is 1. The maximum absolute atomic E-state index is 12.6. The van der Waals surface area contributed by atoms with E-state index in [2.05, 4.69) is 10.3 Å². The highest BCUT2D eigenvalue weighted by atomic mass is 35.5. The van der Waals surface area contributed by atoms with E-state index in [1.165, 1.54) is 22.7 Å². The summed E-state index contributed by atoms with van der Waals surface area (Å²) in [5.74, 6) is 0.600. The van der Waals surface area contributed by atoms with E-state index >= 15 is 0 Å². The third-order valence-electron chi connectivity index (χ3n) is 4.05. The number of hydrogen-bond donors (Lipinski definition) is 1. The van der Waals surface area contributed by atoms with E-state index in [0.717, 1.165) is 32.7 Å². The Bertz CT molecular complexity index is 1100. The van der Waals surface area contributed by atoms with Gasteiger partial charge in [0.25, 0.3) is 5.91 Å². The van der Waals surface area contributed by atoms with Gasteiger partial charge in [0, 0.05) is 27.6 Å². The number of aromatic nitrogens is 1. The van der Waals surface area contributed by atoms with Crippen LogP contribution >= 0.6 is 34.3 Å².